The smallest absolute Gasteiger partial charge is 0.332 e. The maximum Gasteiger partial charge on any atom is 0.332 e. The number of rotatable bonds is 3. The number of carboxylic acids is 1. The number of ether oxygens (including phenoxy) is 1. The van der Waals surface area contributed by atoms with Gasteiger partial charge in [-0.3, -0.25) is 0 Å². The second kappa shape index (κ2) is 5.21. The Morgan fingerprint density at radius 3 is 2.55 bits per heavy atom. The molecule has 4 saturated heterocycles. The van der Waals surface area contributed by atoms with E-state index in [4.69, 9.17) is 4.74 Å². The van der Waals surface area contributed by atoms with Crippen LogP contribution in [0.5, 0.6) is 0 Å². The van der Waals surface area contributed by atoms with Gasteiger partial charge in [0.05, 0.1) is 6.61 Å². The van der Waals surface area contributed by atoms with Gasteiger partial charge in [-0.1, -0.05) is 0 Å². The Hall–Kier alpha value is -1.34. The highest BCUT2D eigenvalue weighted by molar-refractivity contribution is 5.86. The number of fused-ring (bicyclic) bond motifs is 3. The molecule has 0 aliphatic carbocycles. The fourth-order valence-corrected chi connectivity index (χ4v) is 3.44. The Morgan fingerprint density at radius 1 is 1.30 bits per heavy atom. The third-order valence-corrected chi connectivity index (χ3v) is 4.76. The molecule has 0 spiro atoms. The standard InChI is InChI=1S/C13H21N3O4/c17-11(18)13(3-6-20-8-13)15-12(19)14-10-7-16-4-1-9(10)2-5-16/h9-10H,1-8H2,(H,17,18)(H2,14,15,19). The van der Waals surface area contributed by atoms with Gasteiger partial charge in [-0.15, -0.1) is 0 Å². The number of urea groups is 1. The van der Waals surface area contributed by atoms with Gasteiger partial charge >= 0.3 is 12.0 Å². The molecule has 3 N–H and O–H groups in total. The molecule has 0 saturated carbocycles. The minimum atomic E-state index is -1.27. The lowest BCUT2D eigenvalue weighted by molar-refractivity contribution is -0.144. The zero-order chi connectivity index (χ0) is 14.2. The zero-order valence-corrected chi connectivity index (χ0v) is 11.4. The number of hydrogen-bond donors (Lipinski definition) is 3. The summed E-state index contributed by atoms with van der Waals surface area (Å²) in [7, 11) is 0. The van der Waals surface area contributed by atoms with Crippen molar-refractivity contribution in [2.45, 2.75) is 30.8 Å². The number of hydrogen-bond acceptors (Lipinski definition) is 4. The Bertz CT molecular complexity index is 400. The predicted molar refractivity (Wildman–Crippen MR) is 70.4 cm³/mol. The van der Waals surface area contributed by atoms with Gasteiger partial charge in [0.25, 0.3) is 0 Å². The summed E-state index contributed by atoms with van der Waals surface area (Å²) in [5.41, 5.74) is -1.27. The number of carbonyl (C=O) groups excluding carboxylic acids is 1. The molecule has 4 aliphatic heterocycles. The molecule has 4 aliphatic rings. The summed E-state index contributed by atoms with van der Waals surface area (Å²) in [5.74, 6) is -0.509. The normalized spacial score (nSPS) is 39.5. The lowest BCUT2D eigenvalue weighted by atomic mass is 9.84. The van der Waals surface area contributed by atoms with Gasteiger partial charge in [0, 0.05) is 25.6 Å². The number of piperidine rings is 3. The van der Waals surface area contributed by atoms with Gasteiger partial charge in [-0.25, -0.2) is 9.59 Å². The Balaban J connectivity index is 1.58. The van der Waals surface area contributed by atoms with Gasteiger partial charge in [0.2, 0.25) is 0 Å². The Morgan fingerprint density at radius 2 is 2.05 bits per heavy atom. The van der Waals surface area contributed by atoms with Crippen molar-refractivity contribution in [1.29, 1.82) is 0 Å². The van der Waals surface area contributed by atoms with Crippen molar-refractivity contribution in [2.24, 2.45) is 5.92 Å². The number of nitrogens with zero attached hydrogens (tertiary/aromatic N) is 1. The monoisotopic (exact) mass is 283 g/mol. The van der Waals surface area contributed by atoms with Crippen LogP contribution in [-0.2, 0) is 9.53 Å². The van der Waals surface area contributed by atoms with Crippen LogP contribution < -0.4 is 10.6 Å². The Kier molecular flexibility index (Phi) is 3.55. The van der Waals surface area contributed by atoms with Crippen LogP contribution in [0.1, 0.15) is 19.3 Å². The third-order valence-electron chi connectivity index (χ3n) is 4.76. The molecule has 2 unspecified atom stereocenters. The van der Waals surface area contributed by atoms with Crippen molar-refractivity contribution in [3.8, 4) is 0 Å². The van der Waals surface area contributed by atoms with E-state index in [9.17, 15) is 14.7 Å². The molecule has 4 rings (SSSR count). The molecule has 4 fully saturated rings. The fraction of sp³-hybridized carbons (Fsp3) is 0.846. The molecular formula is C13H21N3O4. The van der Waals surface area contributed by atoms with Crippen LogP contribution in [0.4, 0.5) is 4.79 Å². The van der Waals surface area contributed by atoms with Crippen molar-refractivity contribution in [1.82, 2.24) is 15.5 Å². The Labute approximate surface area is 117 Å². The zero-order valence-electron chi connectivity index (χ0n) is 11.4. The summed E-state index contributed by atoms with van der Waals surface area (Å²) in [6, 6.07) is -0.262. The van der Waals surface area contributed by atoms with Crippen LogP contribution in [-0.4, -0.2) is 66.4 Å². The van der Waals surface area contributed by atoms with Crippen LogP contribution >= 0.6 is 0 Å². The number of amides is 2. The molecule has 112 valence electrons. The van der Waals surface area contributed by atoms with E-state index in [0.29, 0.717) is 18.9 Å². The number of carboxylic acid groups (broad SMARTS) is 1. The first kappa shape index (κ1) is 13.6. The third kappa shape index (κ3) is 2.47. The molecule has 2 bridgehead atoms. The van der Waals surface area contributed by atoms with Crippen molar-refractivity contribution < 1.29 is 19.4 Å². The fourth-order valence-electron chi connectivity index (χ4n) is 3.44. The maximum absolute atomic E-state index is 12.1. The molecule has 0 radical (unpaired) electrons. The quantitative estimate of drug-likeness (QED) is 0.657. The summed E-state index contributed by atoms with van der Waals surface area (Å²) in [5, 5.41) is 14.8. The first-order valence-electron chi connectivity index (χ1n) is 7.21. The summed E-state index contributed by atoms with van der Waals surface area (Å²) in [6.45, 7) is 3.49. The molecule has 4 heterocycles. The van der Waals surface area contributed by atoms with Gasteiger partial charge in [-0.2, -0.15) is 0 Å². The molecule has 2 amide bonds. The average molecular weight is 283 g/mol. The highest BCUT2D eigenvalue weighted by Gasteiger charge is 2.44. The first-order chi connectivity index (χ1) is 9.59. The van der Waals surface area contributed by atoms with Crippen LogP contribution in [0.25, 0.3) is 0 Å². The van der Waals surface area contributed by atoms with Crippen LogP contribution in [0, 0.1) is 5.92 Å². The summed E-state index contributed by atoms with van der Waals surface area (Å²) in [6.07, 6.45) is 2.53. The molecule has 20 heavy (non-hydrogen) atoms. The van der Waals surface area contributed by atoms with E-state index in [2.05, 4.69) is 15.5 Å². The second-order valence-electron chi connectivity index (χ2n) is 6.03. The van der Waals surface area contributed by atoms with Gasteiger partial charge in [-0.05, 0) is 31.8 Å². The van der Waals surface area contributed by atoms with E-state index in [-0.39, 0.29) is 12.6 Å². The van der Waals surface area contributed by atoms with E-state index in [1.807, 2.05) is 0 Å². The van der Waals surface area contributed by atoms with Crippen molar-refractivity contribution >= 4 is 12.0 Å². The van der Waals surface area contributed by atoms with Crippen LogP contribution in [0.15, 0.2) is 0 Å². The van der Waals surface area contributed by atoms with Crippen molar-refractivity contribution in [3.63, 3.8) is 0 Å². The topological polar surface area (TPSA) is 90.9 Å². The number of carbonyl (C=O) groups is 2. The molecule has 2 atom stereocenters. The van der Waals surface area contributed by atoms with Gasteiger partial charge in [0.1, 0.15) is 0 Å². The minimum absolute atomic E-state index is 0.0377. The first-order valence-corrected chi connectivity index (χ1v) is 7.21. The summed E-state index contributed by atoms with van der Waals surface area (Å²) in [4.78, 5) is 25.8. The molecule has 7 nitrogen and oxygen atoms in total. The minimum Gasteiger partial charge on any atom is -0.479 e. The van der Waals surface area contributed by atoms with Crippen LogP contribution in [0.2, 0.25) is 0 Å². The van der Waals surface area contributed by atoms with Gasteiger partial charge < -0.3 is 25.4 Å². The van der Waals surface area contributed by atoms with E-state index in [1.165, 1.54) is 0 Å². The largest absolute Gasteiger partial charge is 0.479 e. The van der Waals surface area contributed by atoms with E-state index in [1.54, 1.807) is 0 Å². The van der Waals surface area contributed by atoms with Crippen molar-refractivity contribution in [3.05, 3.63) is 0 Å². The average Bonchev–Trinajstić information content (AvgIpc) is 2.89. The van der Waals surface area contributed by atoms with Crippen LogP contribution in [0.3, 0.4) is 0 Å². The molecular weight excluding hydrogens is 262 g/mol. The predicted octanol–water partition coefficient (Wildman–Crippen LogP) is -0.376. The molecule has 0 aromatic carbocycles. The van der Waals surface area contributed by atoms with Crippen molar-refractivity contribution in [2.75, 3.05) is 32.8 Å². The highest BCUT2D eigenvalue weighted by atomic mass is 16.5. The van der Waals surface area contributed by atoms with E-state index < -0.39 is 17.5 Å². The van der Waals surface area contributed by atoms with Gasteiger partial charge in [0.15, 0.2) is 5.54 Å². The summed E-state index contributed by atoms with van der Waals surface area (Å²) >= 11 is 0. The lowest BCUT2D eigenvalue weighted by Gasteiger charge is -2.45. The maximum atomic E-state index is 12.1. The van der Waals surface area contributed by atoms with E-state index in [0.717, 1.165) is 32.5 Å². The lowest BCUT2D eigenvalue weighted by Crippen LogP contribution is -2.63. The highest BCUT2D eigenvalue weighted by Crippen LogP contribution is 2.27. The molecule has 0 aromatic heterocycles. The number of nitrogens with one attached hydrogen (secondary N) is 2. The number of aliphatic carboxylic acids is 1. The molecule has 0 aromatic rings. The van der Waals surface area contributed by atoms with E-state index >= 15 is 0 Å². The second-order valence-corrected chi connectivity index (χ2v) is 6.03. The SMILES string of the molecule is O=C(NC1CN2CCC1CC2)NC1(C(=O)O)CCOC1. The molecule has 7 heteroatoms. The summed E-state index contributed by atoms with van der Waals surface area (Å²) < 4.78 is 5.13.